The van der Waals surface area contributed by atoms with Crippen LogP contribution < -0.4 is 5.32 Å². The number of hydrogen-bond acceptors (Lipinski definition) is 4. The zero-order valence-corrected chi connectivity index (χ0v) is 9.39. The predicted octanol–water partition coefficient (Wildman–Crippen LogP) is -1.13. The van der Waals surface area contributed by atoms with Crippen LogP contribution in [0.15, 0.2) is 0 Å². The third-order valence-corrected chi connectivity index (χ3v) is 4.51. The largest absolute Gasteiger partial charge is 0.481 e. The topological polar surface area (TPSA) is 69.6 Å². The van der Waals surface area contributed by atoms with Gasteiger partial charge in [-0.05, 0) is 0 Å². The summed E-state index contributed by atoms with van der Waals surface area (Å²) in [6.07, 6.45) is 0.187. The van der Waals surface area contributed by atoms with E-state index in [9.17, 15) is 9.00 Å². The Labute approximate surface area is 91.3 Å². The first-order chi connectivity index (χ1) is 7.12. The first kappa shape index (κ1) is 11.0. The minimum Gasteiger partial charge on any atom is -0.481 e. The third-order valence-electron chi connectivity index (χ3n) is 3.24. The molecular formula is C9H16N2O3S. The molecule has 0 radical (unpaired) electrons. The Morgan fingerprint density at radius 3 is 2.40 bits per heavy atom. The van der Waals surface area contributed by atoms with Crippen molar-refractivity contribution in [2.24, 2.45) is 0 Å². The molecule has 2 aliphatic heterocycles. The lowest BCUT2D eigenvalue weighted by Crippen LogP contribution is -2.71. The molecular weight excluding hydrogens is 216 g/mol. The summed E-state index contributed by atoms with van der Waals surface area (Å²) in [5, 5.41) is 12.0. The first-order valence-electron chi connectivity index (χ1n) is 5.15. The van der Waals surface area contributed by atoms with Crippen molar-refractivity contribution in [3.05, 3.63) is 0 Å². The second kappa shape index (κ2) is 4.19. The van der Waals surface area contributed by atoms with Crippen LogP contribution in [0, 0.1) is 0 Å². The molecule has 6 heteroatoms. The molecule has 2 saturated heterocycles. The van der Waals surface area contributed by atoms with Crippen molar-refractivity contribution in [3.8, 4) is 0 Å². The highest BCUT2D eigenvalue weighted by Gasteiger charge is 2.44. The van der Waals surface area contributed by atoms with Gasteiger partial charge < -0.3 is 10.4 Å². The molecule has 5 nitrogen and oxygen atoms in total. The second-order valence-corrected chi connectivity index (χ2v) is 5.93. The molecule has 0 spiro atoms. The van der Waals surface area contributed by atoms with Crippen LogP contribution in [0.3, 0.4) is 0 Å². The molecule has 0 amide bonds. The molecule has 2 fully saturated rings. The van der Waals surface area contributed by atoms with Crippen molar-refractivity contribution < 1.29 is 14.1 Å². The minimum absolute atomic E-state index is 0.187. The third kappa shape index (κ3) is 2.21. The van der Waals surface area contributed by atoms with E-state index in [-0.39, 0.29) is 12.0 Å². The highest BCUT2D eigenvalue weighted by atomic mass is 32.2. The van der Waals surface area contributed by atoms with Crippen LogP contribution in [0.5, 0.6) is 0 Å². The maximum atomic E-state index is 11.2. The first-order valence-corrected chi connectivity index (χ1v) is 6.64. The van der Waals surface area contributed by atoms with Gasteiger partial charge in [-0.15, -0.1) is 0 Å². The van der Waals surface area contributed by atoms with E-state index >= 15 is 0 Å². The van der Waals surface area contributed by atoms with E-state index in [1.807, 2.05) is 0 Å². The maximum Gasteiger partial charge on any atom is 0.305 e. The molecule has 2 N–H and O–H groups in total. The van der Waals surface area contributed by atoms with Crippen molar-refractivity contribution in [1.82, 2.24) is 10.2 Å². The lowest BCUT2D eigenvalue weighted by molar-refractivity contribution is -0.141. The molecule has 0 aromatic heterocycles. The van der Waals surface area contributed by atoms with Crippen LogP contribution >= 0.6 is 0 Å². The summed E-state index contributed by atoms with van der Waals surface area (Å²) >= 11 is 0. The Kier molecular flexibility index (Phi) is 3.08. The van der Waals surface area contributed by atoms with Gasteiger partial charge in [-0.3, -0.25) is 13.9 Å². The second-order valence-electron chi connectivity index (χ2n) is 4.23. The summed E-state index contributed by atoms with van der Waals surface area (Å²) in [7, 11) is -0.696. The Bertz CT molecular complexity index is 281. The van der Waals surface area contributed by atoms with E-state index in [0.717, 1.165) is 26.2 Å². The van der Waals surface area contributed by atoms with Crippen LogP contribution in [0.2, 0.25) is 0 Å². The molecule has 0 aromatic rings. The van der Waals surface area contributed by atoms with Crippen LogP contribution in [-0.4, -0.2) is 63.4 Å². The monoisotopic (exact) mass is 232 g/mol. The number of hydrogen-bond donors (Lipinski definition) is 2. The summed E-state index contributed by atoms with van der Waals surface area (Å²) < 4.78 is 11.2. The minimum atomic E-state index is -0.747. The van der Waals surface area contributed by atoms with Gasteiger partial charge in [0.1, 0.15) is 0 Å². The number of carboxylic acid groups (broad SMARTS) is 1. The summed E-state index contributed by atoms with van der Waals surface area (Å²) in [5.74, 6) is 0.617. The predicted molar refractivity (Wildman–Crippen MR) is 57.3 cm³/mol. The van der Waals surface area contributed by atoms with E-state index in [2.05, 4.69) is 10.2 Å². The molecule has 86 valence electrons. The number of rotatable bonds is 3. The summed E-state index contributed by atoms with van der Waals surface area (Å²) in [6, 6.07) is 0. The fraction of sp³-hybridized carbons (Fsp3) is 0.889. The zero-order chi connectivity index (χ0) is 10.9. The number of nitrogens with zero attached hydrogens (tertiary/aromatic N) is 1. The van der Waals surface area contributed by atoms with Gasteiger partial charge in [0.25, 0.3) is 0 Å². The van der Waals surface area contributed by atoms with Crippen LogP contribution in [0.25, 0.3) is 0 Å². The molecule has 0 atom stereocenters. The van der Waals surface area contributed by atoms with Crippen molar-refractivity contribution in [2.75, 3.05) is 37.7 Å². The van der Waals surface area contributed by atoms with E-state index in [1.165, 1.54) is 0 Å². The summed E-state index contributed by atoms with van der Waals surface area (Å²) in [6.45, 7) is 3.01. The lowest BCUT2D eigenvalue weighted by Gasteiger charge is -2.51. The van der Waals surface area contributed by atoms with Crippen molar-refractivity contribution in [2.45, 2.75) is 12.0 Å². The molecule has 0 aliphatic carbocycles. The number of carbonyl (C=O) groups is 1. The quantitative estimate of drug-likeness (QED) is 0.644. The van der Waals surface area contributed by atoms with E-state index in [4.69, 9.17) is 5.11 Å². The van der Waals surface area contributed by atoms with E-state index in [1.54, 1.807) is 0 Å². The number of carboxylic acids is 1. The van der Waals surface area contributed by atoms with E-state index in [0.29, 0.717) is 11.5 Å². The van der Waals surface area contributed by atoms with Crippen molar-refractivity contribution in [1.29, 1.82) is 0 Å². The number of nitrogens with one attached hydrogen (secondary N) is 1. The van der Waals surface area contributed by atoms with Crippen LogP contribution in [0.4, 0.5) is 0 Å². The lowest BCUT2D eigenvalue weighted by atomic mass is 9.86. The van der Waals surface area contributed by atoms with Gasteiger partial charge in [0.2, 0.25) is 0 Å². The summed E-state index contributed by atoms with van der Waals surface area (Å²) in [4.78, 5) is 13.0. The van der Waals surface area contributed by atoms with Gasteiger partial charge in [0.05, 0.1) is 12.0 Å². The normalized spacial score (nSPS) is 27.2. The highest BCUT2D eigenvalue weighted by Crippen LogP contribution is 2.26. The van der Waals surface area contributed by atoms with Crippen LogP contribution in [0.1, 0.15) is 6.42 Å². The standard InChI is InChI=1S/C9H16N2O3S/c12-8(13)5-9(6-10-7-9)11-1-3-15(14)4-2-11/h10H,1-7H2,(H,12,13). The Morgan fingerprint density at radius 1 is 1.40 bits per heavy atom. The molecule has 2 aliphatic rings. The number of aliphatic carboxylic acids is 1. The Morgan fingerprint density at radius 2 is 2.00 bits per heavy atom. The average Bonchev–Trinajstić information content (AvgIpc) is 2.13. The fourth-order valence-corrected chi connectivity index (χ4v) is 3.32. The van der Waals surface area contributed by atoms with Gasteiger partial charge >= 0.3 is 5.97 Å². The SMILES string of the molecule is O=C(O)CC1(N2CCS(=O)CC2)CNC1. The van der Waals surface area contributed by atoms with Gasteiger partial charge in [0, 0.05) is 48.5 Å². The van der Waals surface area contributed by atoms with Gasteiger partial charge in [-0.25, -0.2) is 0 Å². The average molecular weight is 232 g/mol. The fourth-order valence-electron chi connectivity index (χ4n) is 2.27. The van der Waals surface area contributed by atoms with Crippen LogP contribution in [-0.2, 0) is 15.6 Å². The zero-order valence-electron chi connectivity index (χ0n) is 8.57. The maximum absolute atomic E-state index is 11.2. The van der Waals surface area contributed by atoms with E-state index < -0.39 is 16.8 Å². The molecule has 2 heterocycles. The Hall–Kier alpha value is -0.460. The summed E-state index contributed by atoms with van der Waals surface area (Å²) in [5.41, 5.74) is -0.212. The molecule has 0 saturated carbocycles. The molecule has 2 rings (SSSR count). The van der Waals surface area contributed by atoms with Gasteiger partial charge in [-0.1, -0.05) is 0 Å². The molecule has 0 unspecified atom stereocenters. The van der Waals surface area contributed by atoms with Gasteiger partial charge in [0.15, 0.2) is 0 Å². The van der Waals surface area contributed by atoms with Crippen molar-refractivity contribution in [3.63, 3.8) is 0 Å². The highest BCUT2D eigenvalue weighted by molar-refractivity contribution is 7.85. The molecule has 15 heavy (non-hydrogen) atoms. The molecule has 0 aromatic carbocycles. The Balaban J connectivity index is 1.99. The molecule has 0 bridgehead atoms. The van der Waals surface area contributed by atoms with Crippen molar-refractivity contribution >= 4 is 16.8 Å². The van der Waals surface area contributed by atoms with Gasteiger partial charge in [-0.2, -0.15) is 0 Å². The smallest absolute Gasteiger partial charge is 0.305 e.